The van der Waals surface area contributed by atoms with E-state index in [0.717, 1.165) is 0 Å². The number of nitrogens with one attached hydrogen (secondary N) is 1. The predicted octanol–water partition coefficient (Wildman–Crippen LogP) is -0.539. The lowest BCUT2D eigenvalue weighted by atomic mass is 10.2. The molecule has 1 saturated heterocycles. The van der Waals surface area contributed by atoms with E-state index in [0.29, 0.717) is 13.0 Å². The molecule has 0 unspecified atom stereocenters. The lowest BCUT2D eigenvalue weighted by Crippen LogP contribution is -2.33. The van der Waals surface area contributed by atoms with Crippen molar-refractivity contribution in [3.05, 3.63) is 33.1 Å². The Balaban J connectivity index is 2.24. The Morgan fingerprint density at radius 3 is 2.81 bits per heavy atom. The van der Waals surface area contributed by atoms with Crippen LogP contribution in [0, 0.1) is 0 Å². The van der Waals surface area contributed by atoms with Gasteiger partial charge in [-0.3, -0.25) is 14.3 Å². The first-order valence-corrected chi connectivity index (χ1v) is 4.87. The largest absolute Gasteiger partial charge is 0.465 e. The molecule has 2 rings (SSSR count). The smallest absolute Gasteiger partial charge is 0.407 e. The fourth-order valence-electron chi connectivity index (χ4n) is 1.86. The monoisotopic (exact) mass is 225 g/mol. The van der Waals surface area contributed by atoms with Crippen molar-refractivity contribution in [3.63, 3.8) is 0 Å². The van der Waals surface area contributed by atoms with E-state index in [1.807, 2.05) is 0 Å². The van der Waals surface area contributed by atoms with Crippen LogP contribution in [-0.4, -0.2) is 38.7 Å². The fraction of sp³-hybridized carbons (Fsp3) is 0.444. The standard InChI is InChI=1S/C9H11N3O4/c13-7-2-4-12(8(14)10-7)6-1-3-11(5-6)9(15)16/h2,4,6H,1,3,5H2,(H,15,16)(H,10,13,14)/t6-/m0/s1. The fourth-order valence-corrected chi connectivity index (χ4v) is 1.86. The van der Waals surface area contributed by atoms with E-state index in [4.69, 9.17) is 5.11 Å². The molecule has 0 spiro atoms. The van der Waals surface area contributed by atoms with Gasteiger partial charge in [0, 0.05) is 25.4 Å². The lowest BCUT2D eigenvalue weighted by molar-refractivity contribution is 0.154. The third-order valence-electron chi connectivity index (χ3n) is 2.68. The summed E-state index contributed by atoms with van der Waals surface area (Å²) in [4.78, 5) is 36.4. The normalized spacial score (nSPS) is 20.0. The Morgan fingerprint density at radius 2 is 2.25 bits per heavy atom. The second kappa shape index (κ2) is 3.84. The van der Waals surface area contributed by atoms with Crippen molar-refractivity contribution in [2.75, 3.05) is 13.1 Å². The summed E-state index contributed by atoms with van der Waals surface area (Å²) in [5.74, 6) is 0. The summed E-state index contributed by atoms with van der Waals surface area (Å²) in [6.45, 7) is 0.687. The van der Waals surface area contributed by atoms with Gasteiger partial charge in [-0.2, -0.15) is 0 Å². The van der Waals surface area contributed by atoms with Crippen molar-refractivity contribution in [2.24, 2.45) is 0 Å². The van der Waals surface area contributed by atoms with Gasteiger partial charge in [0.25, 0.3) is 5.56 Å². The molecule has 1 aromatic rings. The molecule has 1 amide bonds. The van der Waals surface area contributed by atoms with Gasteiger partial charge < -0.3 is 10.0 Å². The quantitative estimate of drug-likeness (QED) is 0.671. The van der Waals surface area contributed by atoms with Crippen molar-refractivity contribution in [2.45, 2.75) is 12.5 Å². The van der Waals surface area contributed by atoms with Crippen molar-refractivity contribution < 1.29 is 9.90 Å². The second-order valence-corrected chi connectivity index (χ2v) is 3.69. The van der Waals surface area contributed by atoms with Crippen LogP contribution in [0.15, 0.2) is 21.9 Å². The van der Waals surface area contributed by atoms with Gasteiger partial charge in [0.1, 0.15) is 0 Å². The number of aromatic nitrogens is 2. The van der Waals surface area contributed by atoms with Crippen molar-refractivity contribution in [1.29, 1.82) is 0 Å². The van der Waals surface area contributed by atoms with Crippen LogP contribution in [0.5, 0.6) is 0 Å². The maximum absolute atomic E-state index is 11.4. The number of likely N-dealkylation sites (tertiary alicyclic amines) is 1. The summed E-state index contributed by atoms with van der Waals surface area (Å²) in [6, 6.07) is 1.06. The molecule has 86 valence electrons. The predicted molar refractivity (Wildman–Crippen MR) is 54.6 cm³/mol. The van der Waals surface area contributed by atoms with E-state index in [1.165, 1.54) is 21.7 Å². The third-order valence-corrected chi connectivity index (χ3v) is 2.68. The molecule has 7 heteroatoms. The number of hydrogen-bond donors (Lipinski definition) is 2. The highest BCUT2D eigenvalue weighted by Crippen LogP contribution is 2.19. The minimum atomic E-state index is -0.986. The number of amides is 1. The molecule has 1 fully saturated rings. The van der Waals surface area contributed by atoms with Crippen LogP contribution in [0.4, 0.5) is 4.79 Å². The molecule has 0 radical (unpaired) electrons. The van der Waals surface area contributed by atoms with Crippen LogP contribution in [0.3, 0.4) is 0 Å². The van der Waals surface area contributed by atoms with Gasteiger partial charge in [-0.1, -0.05) is 0 Å². The van der Waals surface area contributed by atoms with Crippen LogP contribution >= 0.6 is 0 Å². The molecular formula is C9H11N3O4. The number of H-pyrrole nitrogens is 1. The number of rotatable bonds is 1. The molecular weight excluding hydrogens is 214 g/mol. The van der Waals surface area contributed by atoms with Crippen LogP contribution < -0.4 is 11.2 Å². The van der Waals surface area contributed by atoms with E-state index in [2.05, 4.69) is 4.98 Å². The first-order chi connectivity index (χ1) is 7.58. The van der Waals surface area contributed by atoms with E-state index in [1.54, 1.807) is 0 Å². The molecule has 16 heavy (non-hydrogen) atoms. The summed E-state index contributed by atoms with van der Waals surface area (Å²) < 4.78 is 1.37. The topological polar surface area (TPSA) is 95.4 Å². The number of carbonyl (C=O) groups is 1. The van der Waals surface area contributed by atoms with Gasteiger partial charge >= 0.3 is 11.8 Å². The van der Waals surface area contributed by atoms with Crippen molar-refractivity contribution in [3.8, 4) is 0 Å². The molecule has 7 nitrogen and oxygen atoms in total. The number of aromatic amines is 1. The highest BCUT2D eigenvalue weighted by atomic mass is 16.4. The number of hydrogen-bond acceptors (Lipinski definition) is 3. The highest BCUT2D eigenvalue weighted by Gasteiger charge is 2.27. The first kappa shape index (κ1) is 10.5. The third kappa shape index (κ3) is 1.83. The van der Waals surface area contributed by atoms with Gasteiger partial charge in [-0.15, -0.1) is 0 Å². The summed E-state index contributed by atoms with van der Waals surface area (Å²) in [6.07, 6.45) is 0.995. The van der Waals surface area contributed by atoms with Crippen molar-refractivity contribution >= 4 is 6.09 Å². The molecule has 1 aliphatic heterocycles. The average Bonchev–Trinajstić information content (AvgIpc) is 2.66. The Hall–Kier alpha value is -2.05. The molecule has 2 N–H and O–H groups in total. The van der Waals surface area contributed by atoms with E-state index in [-0.39, 0.29) is 12.6 Å². The lowest BCUT2D eigenvalue weighted by Gasteiger charge is -2.13. The van der Waals surface area contributed by atoms with Gasteiger partial charge in [0.15, 0.2) is 0 Å². The maximum atomic E-state index is 11.4. The van der Waals surface area contributed by atoms with Crippen molar-refractivity contribution in [1.82, 2.24) is 14.5 Å². The van der Waals surface area contributed by atoms with E-state index >= 15 is 0 Å². The molecule has 2 heterocycles. The Morgan fingerprint density at radius 1 is 1.50 bits per heavy atom. The summed E-state index contributed by atoms with van der Waals surface area (Å²) in [5.41, 5.74) is -0.945. The Kier molecular flexibility index (Phi) is 2.51. The van der Waals surface area contributed by atoms with Gasteiger partial charge in [-0.05, 0) is 6.42 Å². The second-order valence-electron chi connectivity index (χ2n) is 3.69. The zero-order valence-electron chi connectivity index (χ0n) is 8.42. The highest BCUT2D eigenvalue weighted by molar-refractivity contribution is 5.65. The van der Waals surface area contributed by atoms with Crippen LogP contribution in [0.2, 0.25) is 0 Å². The molecule has 1 aliphatic rings. The van der Waals surface area contributed by atoms with E-state index < -0.39 is 17.3 Å². The zero-order chi connectivity index (χ0) is 11.7. The van der Waals surface area contributed by atoms with Gasteiger partial charge in [-0.25, -0.2) is 9.59 Å². The maximum Gasteiger partial charge on any atom is 0.407 e. The van der Waals surface area contributed by atoms with Gasteiger partial charge in [0.2, 0.25) is 0 Å². The number of nitrogens with zero attached hydrogens (tertiary/aromatic N) is 2. The SMILES string of the molecule is O=C(O)N1CC[C@H](n2ccc(=O)[nH]c2=O)C1. The summed E-state index contributed by atoms with van der Waals surface area (Å²) in [7, 11) is 0. The molecule has 0 aromatic carbocycles. The zero-order valence-corrected chi connectivity index (χ0v) is 8.42. The number of carboxylic acid groups (broad SMARTS) is 1. The average molecular weight is 225 g/mol. The van der Waals surface area contributed by atoms with Crippen LogP contribution in [0.25, 0.3) is 0 Å². The summed E-state index contributed by atoms with van der Waals surface area (Å²) >= 11 is 0. The molecule has 0 bridgehead atoms. The molecule has 1 aromatic heterocycles. The Labute approximate surface area is 89.9 Å². The van der Waals surface area contributed by atoms with Crippen LogP contribution in [-0.2, 0) is 0 Å². The van der Waals surface area contributed by atoms with Gasteiger partial charge in [0.05, 0.1) is 6.04 Å². The van der Waals surface area contributed by atoms with Crippen LogP contribution in [0.1, 0.15) is 12.5 Å². The first-order valence-electron chi connectivity index (χ1n) is 4.87. The molecule has 0 saturated carbocycles. The minimum Gasteiger partial charge on any atom is -0.465 e. The molecule has 0 aliphatic carbocycles. The summed E-state index contributed by atoms with van der Waals surface area (Å²) in [5, 5.41) is 8.77. The minimum absolute atomic E-state index is 0.194. The molecule has 1 atom stereocenters. The van der Waals surface area contributed by atoms with E-state index in [9.17, 15) is 14.4 Å². The Bertz CT molecular complexity index is 518.